The molecule has 0 N–H and O–H groups in total. The Balaban J connectivity index is 2.27. The van der Waals surface area contributed by atoms with Crippen molar-refractivity contribution >= 4 is 9.84 Å². The molecular weight excluding hydrogens is 386 g/mol. The van der Waals surface area contributed by atoms with Crippen molar-refractivity contribution in [2.45, 2.75) is 18.2 Å². The molecule has 0 unspecified atom stereocenters. The zero-order valence-electron chi connectivity index (χ0n) is 14.1. The van der Waals surface area contributed by atoms with Crippen molar-refractivity contribution in [3.63, 3.8) is 0 Å². The number of nitrogens with zero attached hydrogens (tertiary/aromatic N) is 3. The molecule has 2 aromatic heterocycles. The van der Waals surface area contributed by atoms with E-state index in [2.05, 4.69) is 10.1 Å². The number of benzene rings is 1. The highest BCUT2D eigenvalue weighted by atomic mass is 32.2. The molecule has 5 nitrogen and oxygen atoms in total. The summed E-state index contributed by atoms with van der Waals surface area (Å²) in [7, 11) is -4.01. The summed E-state index contributed by atoms with van der Waals surface area (Å²) in [5.74, 6) is -2.33. The van der Waals surface area contributed by atoms with Gasteiger partial charge in [0.2, 0.25) is 0 Å². The number of hydrogen-bond acceptors (Lipinski definition) is 4. The Morgan fingerprint density at radius 1 is 1.04 bits per heavy atom. The molecule has 0 aliphatic heterocycles. The molecule has 27 heavy (non-hydrogen) atoms. The minimum atomic E-state index is -4.01. The summed E-state index contributed by atoms with van der Waals surface area (Å²) in [5, 5.41) is 3.66. The van der Waals surface area contributed by atoms with Crippen LogP contribution >= 0.6 is 0 Å². The van der Waals surface area contributed by atoms with Crippen molar-refractivity contribution in [1.29, 1.82) is 0 Å². The van der Waals surface area contributed by atoms with Gasteiger partial charge in [0.05, 0.1) is 5.69 Å². The second-order valence-electron chi connectivity index (χ2n) is 5.92. The summed E-state index contributed by atoms with van der Waals surface area (Å²) in [5.41, 5.74) is 0.00744. The van der Waals surface area contributed by atoms with Crippen molar-refractivity contribution in [2.24, 2.45) is 0 Å². The Bertz CT molecular complexity index is 1130. The molecule has 2 heterocycles. The van der Waals surface area contributed by atoms with Gasteiger partial charge >= 0.3 is 0 Å². The predicted octanol–water partition coefficient (Wildman–Crippen LogP) is 3.86. The standard InChI is InChI=1S/C17H13F4N3O2S/c1-9-3-10(8-22-7-9)14-6-13(17(20)21)23-24(14)15-4-12(19)16(5-11(15)18)27(2,25)26/h3-8,17H,1-2H3. The lowest BCUT2D eigenvalue weighted by atomic mass is 10.1. The van der Waals surface area contributed by atoms with Crippen molar-refractivity contribution in [1.82, 2.24) is 14.8 Å². The molecule has 0 saturated heterocycles. The van der Waals surface area contributed by atoms with Crippen LogP contribution in [-0.2, 0) is 9.84 Å². The maximum atomic E-state index is 14.5. The zero-order chi connectivity index (χ0) is 19.9. The molecule has 0 saturated carbocycles. The van der Waals surface area contributed by atoms with Crippen LogP contribution in [0.2, 0.25) is 0 Å². The van der Waals surface area contributed by atoms with Gasteiger partial charge in [0.25, 0.3) is 6.43 Å². The fourth-order valence-electron chi connectivity index (χ4n) is 2.55. The van der Waals surface area contributed by atoms with E-state index in [-0.39, 0.29) is 5.69 Å². The largest absolute Gasteiger partial charge is 0.282 e. The van der Waals surface area contributed by atoms with E-state index in [0.29, 0.717) is 17.7 Å². The van der Waals surface area contributed by atoms with Crippen LogP contribution < -0.4 is 0 Å². The number of rotatable bonds is 4. The first-order valence-corrected chi connectivity index (χ1v) is 9.46. The third-order valence-electron chi connectivity index (χ3n) is 3.75. The summed E-state index contributed by atoms with van der Waals surface area (Å²) < 4.78 is 78.9. The quantitative estimate of drug-likeness (QED) is 0.625. The van der Waals surface area contributed by atoms with Gasteiger partial charge in [-0.05, 0) is 30.7 Å². The number of aryl methyl sites for hydroxylation is 1. The van der Waals surface area contributed by atoms with Crippen LogP contribution in [0.4, 0.5) is 17.6 Å². The van der Waals surface area contributed by atoms with Crippen molar-refractivity contribution in [3.8, 4) is 16.9 Å². The molecule has 0 fully saturated rings. The molecule has 0 radical (unpaired) electrons. The summed E-state index contributed by atoms with van der Waals surface area (Å²) in [6, 6.07) is 3.78. The van der Waals surface area contributed by atoms with Crippen molar-refractivity contribution in [3.05, 3.63) is 59.6 Å². The van der Waals surface area contributed by atoms with Gasteiger partial charge in [0, 0.05) is 30.3 Å². The summed E-state index contributed by atoms with van der Waals surface area (Å²) in [4.78, 5) is 3.13. The third kappa shape index (κ3) is 3.70. The minimum Gasteiger partial charge on any atom is -0.264 e. The first kappa shape index (κ1) is 19.0. The molecule has 3 aromatic rings. The van der Waals surface area contributed by atoms with Crippen LogP contribution in [0.15, 0.2) is 41.6 Å². The van der Waals surface area contributed by atoms with Crippen LogP contribution in [0.3, 0.4) is 0 Å². The number of hydrogen-bond donors (Lipinski definition) is 0. The Morgan fingerprint density at radius 3 is 2.33 bits per heavy atom. The van der Waals surface area contributed by atoms with Gasteiger partial charge in [-0.3, -0.25) is 4.98 Å². The van der Waals surface area contributed by atoms with E-state index in [1.807, 2.05) is 0 Å². The van der Waals surface area contributed by atoms with E-state index in [4.69, 9.17) is 0 Å². The van der Waals surface area contributed by atoms with Gasteiger partial charge in [-0.2, -0.15) is 5.10 Å². The number of pyridine rings is 1. The summed E-state index contributed by atoms with van der Waals surface area (Å²) >= 11 is 0. The van der Waals surface area contributed by atoms with Gasteiger partial charge < -0.3 is 0 Å². The molecule has 142 valence electrons. The van der Waals surface area contributed by atoms with E-state index in [1.165, 1.54) is 6.20 Å². The fraction of sp³-hybridized carbons (Fsp3) is 0.176. The lowest BCUT2D eigenvalue weighted by molar-refractivity contribution is 0.145. The van der Waals surface area contributed by atoms with E-state index in [0.717, 1.165) is 22.6 Å². The topological polar surface area (TPSA) is 64.8 Å². The molecule has 0 aliphatic carbocycles. The number of alkyl halides is 2. The van der Waals surface area contributed by atoms with Crippen LogP contribution in [-0.4, -0.2) is 29.4 Å². The number of halogens is 4. The van der Waals surface area contributed by atoms with E-state index in [1.54, 1.807) is 19.2 Å². The average Bonchev–Trinajstić information content (AvgIpc) is 3.01. The predicted molar refractivity (Wildman–Crippen MR) is 89.5 cm³/mol. The average molecular weight is 399 g/mol. The first-order chi connectivity index (χ1) is 12.6. The Hall–Kier alpha value is -2.75. The lowest BCUT2D eigenvalue weighted by Crippen LogP contribution is -2.08. The van der Waals surface area contributed by atoms with Gasteiger partial charge in [-0.1, -0.05) is 0 Å². The van der Waals surface area contributed by atoms with Crippen LogP contribution in [0.1, 0.15) is 17.7 Å². The summed E-state index contributed by atoms with van der Waals surface area (Å²) in [6.45, 7) is 1.73. The molecule has 3 rings (SSSR count). The van der Waals surface area contributed by atoms with E-state index in [9.17, 15) is 26.0 Å². The van der Waals surface area contributed by atoms with E-state index >= 15 is 0 Å². The number of sulfone groups is 1. The fourth-order valence-corrected chi connectivity index (χ4v) is 3.29. The second kappa shape index (κ2) is 6.76. The molecule has 0 spiro atoms. The normalized spacial score (nSPS) is 12.0. The molecule has 10 heteroatoms. The van der Waals surface area contributed by atoms with Gasteiger partial charge in [-0.15, -0.1) is 0 Å². The summed E-state index contributed by atoms with van der Waals surface area (Å²) in [6.07, 6.45) is 0.705. The monoisotopic (exact) mass is 399 g/mol. The van der Waals surface area contributed by atoms with Crippen LogP contribution in [0, 0.1) is 18.6 Å². The maximum absolute atomic E-state index is 14.5. The zero-order valence-corrected chi connectivity index (χ0v) is 14.9. The first-order valence-electron chi connectivity index (χ1n) is 7.57. The molecule has 0 bridgehead atoms. The Labute approximate surface area is 152 Å². The SMILES string of the molecule is Cc1cncc(-c2cc(C(F)F)nn2-c2cc(F)c(S(C)(=O)=O)cc2F)c1. The van der Waals surface area contributed by atoms with Gasteiger partial charge in [0.1, 0.15) is 27.9 Å². The molecule has 0 amide bonds. The Kier molecular flexibility index (Phi) is 4.77. The van der Waals surface area contributed by atoms with Crippen molar-refractivity contribution in [2.75, 3.05) is 6.26 Å². The molecular formula is C17H13F4N3O2S. The number of aromatic nitrogens is 3. The van der Waals surface area contributed by atoms with Crippen LogP contribution in [0.25, 0.3) is 16.9 Å². The lowest BCUT2D eigenvalue weighted by Gasteiger charge is -2.11. The van der Waals surface area contributed by atoms with Gasteiger partial charge in [-0.25, -0.2) is 30.7 Å². The minimum absolute atomic E-state index is 0.0619. The maximum Gasteiger partial charge on any atom is 0.282 e. The van der Waals surface area contributed by atoms with E-state index < -0.39 is 44.2 Å². The van der Waals surface area contributed by atoms with Crippen molar-refractivity contribution < 1.29 is 26.0 Å². The third-order valence-corrected chi connectivity index (χ3v) is 4.86. The highest BCUT2D eigenvalue weighted by molar-refractivity contribution is 7.90. The molecule has 1 aromatic carbocycles. The molecule has 0 aliphatic rings. The van der Waals surface area contributed by atoms with Crippen LogP contribution in [0.5, 0.6) is 0 Å². The Morgan fingerprint density at radius 2 is 1.74 bits per heavy atom. The van der Waals surface area contributed by atoms with Gasteiger partial charge in [0.15, 0.2) is 9.84 Å². The highest BCUT2D eigenvalue weighted by Gasteiger charge is 2.23. The highest BCUT2D eigenvalue weighted by Crippen LogP contribution is 2.30. The second-order valence-corrected chi connectivity index (χ2v) is 7.91. The molecule has 0 atom stereocenters. The smallest absolute Gasteiger partial charge is 0.264 e.